The number of hydrogen-bond donors (Lipinski definition) is 0. The van der Waals surface area contributed by atoms with Gasteiger partial charge in [0, 0.05) is 42.8 Å². The second-order valence-electron chi connectivity index (χ2n) is 7.15. The van der Waals surface area contributed by atoms with Gasteiger partial charge in [0.05, 0.1) is 10.6 Å². The van der Waals surface area contributed by atoms with Gasteiger partial charge >= 0.3 is 0 Å². The fourth-order valence-corrected chi connectivity index (χ4v) is 3.83. The number of carbonyl (C=O) groups excluding carboxylic acids is 2. The van der Waals surface area contributed by atoms with Crippen LogP contribution < -0.4 is 0 Å². The first-order valence-corrected chi connectivity index (χ1v) is 10.3. The average molecular weight is 444 g/mol. The number of nitrogens with zero attached hydrogens (tertiary/aromatic N) is 3. The van der Waals surface area contributed by atoms with Crippen molar-refractivity contribution in [3.05, 3.63) is 75.5 Å². The van der Waals surface area contributed by atoms with Gasteiger partial charge < -0.3 is 14.3 Å². The standard InChI is InChI=1S/C22H19Cl2N3O3/c1-14-2-4-15(5-3-14)19-13-20(30-25-19)22(29)27-10-8-26(9-11-27)21(28)17-7-6-16(23)12-18(17)24/h2-7,12-13H,8-11H2,1H3. The van der Waals surface area contributed by atoms with Crippen LogP contribution in [0.2, 0.25) is 10.0 Å². The molecule has 0 unspecified atom stereocenters. The molecule has 0 spiro atoms. The molecule has 1 fully saturated rings. The first kappa shape index (κ1) is 20.4. The highest BCUT2D eigenvalue weighted by Gasteiger charge is 2.28. The second-order valence-corrected chi connectivity index (χ2v) is 7.99. The van der Waals surface area contributed by atoms with Gasteiger partial charge in [-0.3, -0.25) is 9.59 Å². The zero-order valence-corrected chi connectivity index (χ0v) is 17.8. The van der Waals surface area contributed by atoms with Crippen LogP contribution in [0, 0.1) is 6.92 Å². The van der Waals surface area contributed by atoms with Gasteiger partial charge in [-0.25, -0.2) is 0 Å². The molecule has 0 radical (unpaired) electrons. The lowest BCUT2D eigenvalue weighted by Gasteiger charge is -2.34. The number of hydrogen-bond acceptors (Lipinski definition) is 4. The molecule has 0 saturated carbocycles. The third-order valence-corrected chi connectivity index (χ3v) is 5.63. The molecular weight excluding hydrogens is 425 g/mol. The van der Waals surface area contributed by atoms with Gasteiger partial charge in [0.15, 0.2) is 0 Å². The molecule has 1 aliphatic heterocycles. The van der Waals surface area contributed by atoms with Crippen molar-refractivity contribution in [3.8, 4) is 11.3 Å². The van der Waals surface area contributed by atoms with Crippen molar-refractivity contribution in [2.24, 2.45) is 0 Å². The summed E-state index contributed by atoms with van der Waals surface area (Å²) >= 11 is 12.0. The molecule has 0 bridgehead atoms. The maximum Gasteiger partial charge on any atom is 0.292 e. The molecule has 1 aromatic heterocycles. The minimum Gasteiger partial charge on any atom is -0.350 e. The summed E-state index contributed by atoms with van der Waals surface area (Å²) < 4.78 is 5.28. The zero-order chi connectivity index (χ0) is 21.3. The second kappa shape index (κ2) is 8.50. The number of aromatic nitrogens is 1. The average Bonchev–Trinajstić information content (AvgIpc) is 3.24. The Hall–Kier alpha value is -2.83. The molecule has 3 aromatic rings. The third-order valence-electron chi connectivity index (χ3n) is 5.08. The molecular formula is C22H19Cl2N3O3. The van der Waals surface area contributed by atoms with Crippen LogP contribution in [0.15, 0.2) is 53.1 Å². The van der Waals surface area contributed by atoms with Gasteiger partial charge in [0.25, 0.3) is 11.8 Å². The number of rotatable bonds is 3. The van der Waals surface area contributed by atoms with Crippen LogP contribution in [0.3, 0.4) is 0 Å². The van der Waals surface area contributed by atoms with E-state index in [1.165, 1.54) is 0 Å². The Bertz CT molecular complexity index is 1090. The molecule has 0 N–H and O–H groups in total. The van der Waals surface area contributed by atoms with E-state index in [9.17, 15) is 9.59 Å². The minimum absolute atomic E-state index is 0.176. The molecule has 4 rings (SSSR count). The molecule has 8 heteroatoms. The smallest absolute Gasteiger partial charge is 0.292 e. The van der Waals surface area contributed by atoms with E-state index in [1.807, 2.05) is 31.2 Å². The highest BCUT2D eigenvalue weighted by Crippen LogP contribution is 2.24. The summed E-state index contributed by atoms with van der Waals surface area (Å²) in [5.41, 5.74) is 3.05. The Morgan fingerprint density at radius 3 is 2.17 bits per heavy atom. The van der Waals surface area contributed by atoms with Crippen LogP contribution >= 0.6 is 23.2 Å². The summed E-state index contributed by atoms with van der Waals surface area (Å²) in [5, 5.41) is 4.81. The first-order valence-electron chi connectivity index (χ1n) is 9.50. The van der Waals surface area contributed by atoms with E-state index in [2.05, 4.69) is 5.16 Å². The fourth-order valence-electron chi connectivity index (χ4n) is 3.34. The minimum atomic E-state index is -0.238. The molecule has 2 heterocycles. The van der Waals surface area contributed by atoms with E-state index in [4.69, 9.17) is 27.7 Å². The Labute approximate surface area is 184 Å². The highest BCUT2D eigenvalue weighted by atomic mass is 35.5. The van der Waals surface area contributed by atoms with E-state index in [1.54, 1.807) is 34.1 Å². The van der Waals surface area contributed by atoms with E-state index in [0.717, 1.165) is 11.1 Å². The van der Waals surface area contributed by atoms with Gasteiger partial charge in [-0.05, 0) is 25.1 Å². The molecule has 1 saturated heterocycles. The van der Waals surface area contributed by atoms with E-state index < -0.39 is 0 Å². The molecule has 154 valence electrons. The predicted octanol–water partition coefficient (Wildman–Crippen LogP) is 4.56. The SMILES string of the molecule is Cc1ccc(-c2cc(C(=O)N3CCN(C(=O)c4ccc(Cl)cc4Cl)CC3)on2)cc1. The van der Waals surface area contributed by atoms with Crippen LogP contribution in [0.5, 0.6) is 0 Å². The number of halogens is 2. The van der Waals surface area contributed by atoms with Crippen LogP contribution in [0.25, 0.3) is 11.3 Å². The van der Waals surface area contributed by atoms with Gasteiger partial charge in [0.1, 0.15) is 5.69 Å². The maximum atomic E-state index is 12.8. The zero-order valence-electron chi connectivity index (χ0n) is 16.3. The van der Waals surface area contributed by atoms with Gasteiger partial charge in [0.2, 0.25) is 5.76 Å². The van der Waals surface area contributed by atoms with Crippen molar-refractivity contribution in [1.29, 1.82) is 0 Å². The van der Waals surface area contributed by atoms with Crippen LogP contribution in [0.4, 0.5) is 0 Å². The summed E-state index contributed by atoms with van der Waals surface area (Å²) in [6.07, 6.45) is 0. The molecule has 2 aromatic carbocycles. The molecule has 2 amide bonds. The molecule has 30 heavy (non-hydrogen) atoms. The number of aryl methyl sites for hydroxylation is 1. The molecule has 0 atom stereocenters. The number of benzene rings is 2. The molecule has 0 aliphatic carbocycles. The number of carbonyl (C=O) groups is 2. The highest BCUT2D eigenvalue weighted by molar-refractivity contribution is 6.36. The fraction of sp³-hybridized carbons (Fsp3) is 0.227. The van der Waals surface area contributed by atoms with Crippen molar-refractivity contribution in [1.82, 2.24) is 15.0 Å². The quantitative estimate of drug-likeness (QED) is 0.595. The monoisotopic (exact) mass is 443 g/mol. The van der Waals surface area contributed by atoms with Crippen molar-refractivity contribution < 1.29 is 14.1 Å². The van der Waals surface area contributed by atoms with Crippen molar-refractivity contribution in [2.75, 3.05) is 26.2 Å². The topological polar surface area (TPSA) is 66.7 Å². The Morgan fingerprint density at radius 2 is 1.53 bits per heavy atom. The Kier molecular flexibility index (Phi) is 5.79. The third kappa shape index (κ3) is 4.20. The Balaban J connectivity index is 1.40. The lowest BCUT2D eigenvalue weighted by Crippen LogP contribution is -2.50. The normalized spacial score (nSPS) is 14.1. The van der Waals surface area contributed by atoms with Gasteiger partial charge in [-0.1, -0.05) is 58.2 Å². The lowest BCUT2D eigenvalue weighted by atomic mass is 10.1. The lowest BCUT2D eigenvalue weighted by molar-refractivity contribution is 0.0513. The number of piperazine rings is 1. The first-order chi connectivity index (χ1) is 14.4. The molecule has 6 nitrogen and oxygen atoms in total. The van der Waals surface area contributed by atoms with Crippen LogP contribution in [-0.2, 0) is 0 Å². The van der Waals surface area contributed by atoms with Gasteiger partial charge in [-0.2, -0.15) is 0 Å². The van der Waals surface area contributed by atoms with E-state index >= 15 is 0 Å². The Morgan fingerprint density at radius 1 is 0.900 bits per heavy atom. The molecule has 1 aliphatic rings. The summed E-state index contributed by atoms with van der Waals surface area (Å²) in [4.78, 5) is 28.9. The van der Waals surface area contributed by atoms with Crippen molar-refractivity contribution in [2.45, 2.75) is 6.92 Å². The number of amides is 2. The van der Waals surface area contributed by atoms with Gasteiger partial charge in [-0.15, -0.1) is 0 Å². The van der Waals surface area contributed by atoms with Crippen molar-refractivity contribution >= 4 is 35.0 Å². The summed E-state index contributed by atoms with van der Waals surface area (Å²) in [7, 11) is 0. The van der Waals surface area contributed by atoms with E-state index in [0.29, 0.717) is 47.5 Å². The largest absolute Gasteiger partial charge is 0.350 e. The maximum absolute atomic E-state index is 12.8. The summed E-state index contributed by atoms with van der Waals surface area (Å²) in [6.45, 7) is 3.62. The summed E-state index contributed by atoms with van der Waals surface area (Å²) in [6, 6.07) is 14.3. The van der Waals surface area contributed by atoms with Crippen molar-refractivity contribution in [3.63, 3.8) is 0 Å². The predicted molar refractivity (Wildman–Crippen MR) is 115 cm³/mol. The van der Waals surface area contributed by atoms with E-state index in [-0.39, 0.29) is 17.6 Å². The van der Waals surface area contributed by atoms with Crippen LogP contribution in [0.1, 0.15) is 26.5 Å². The van der Waals surface area contributed by atoms with Crippen LogP contribution in [-0.4, -0.2) is 52.9 Å². The summed E-state index contributed by atoms with van der Waals surface area (Å²) in [5.74, 6) is -0.228.